The molecule has 114 valence electrons. The average molecular weight is 305 g/mol. The van der Waals surface area contributed by atoms with Gasteiger partial charge in [0.25, 0.3) is 0 Å². The van der Waals surface area contributed by atoms with E-state index in [0.717, 1.165) is 6.04 Å². The highest BCUT2D eigenvalue weighted by atomic mass is 28.3. The fourth-order valence-electron chi connectivity index (χ4n) is 2.83. The normalized spacial score (nSPS) is 21.0. The molecule has 1 aromatic carbocycles. The van der Waals surface area contributed by atoms with E-state index in [-0.39, 0.29) is 11.9 Å². The molecule has 0 saturated carbocycles. The lowest BCUT2D eigenvalue weighted by Crippen LogP contribution is -2.39. The van der Waals surface area contributed by atoms with Crippen molar-refractivity contribution in [1.82, 2.24) is 4.90 Å². The Balaban J connectivity index is 2.27. The van der Waals surface area contributed by atoms with Crippen molar-refractivity contribution in [2.45, 2.75) is 38.1 Å². The summed E-state index contributed by atoms with van der Waals surface area (Å²) < 4.78 is 5.07. The van der Waals surface area contributed by atoms with Crippen LogP contribution in [0.15, 0.2) is 30.3 Å². The largest absolute Gasteiger partial charge is 0.450 e. The first-order valence-electron chi connectivity index (χ1n) is 7.34. The SMILES string of the molecule is CCOC(=O)N1CC1(C[Si](C)(C)C)C(=O)c1ccccc1. The Morgan fingerprint density at radius 2 is 1.86 bits per heavy atom. The number of carbonyl (C=O) groups is 2. The van der Waals surface area contributed by atoms with Gasteiger partial charge in [-0.15, -0.1) is 0 Å². The lowest BCUT2D eigenvalue weighted by molar-refractivity contribution is 0.0895. The maximum Gasteiger partial charge on any atom is 0.410 e. The van der Waals surface area contributed by atoms with E-state index >= 15 is 0 Å². The predicted octanol–water partition coefficient (Wildman–Crippen LogP) is 3.42. The molecule has 1 aliphatic rings. The Kier molecular flexibility index (Phi) is 4.23. The minimum Gasteiger partial charge on any atom is -0.450 e. The Hall–Kier alpha value is -1.62. The first-order valence-corrected chi connectivity index (χ1v) is 11.1. The standard InChI is InChI=1S/C16H23NO3Si/c1-5-20-15(19)17-11-16(17,12-21(2,3)4)14(18)13-9-7-6-8-10-13/h6-10H,5,11-12H2,1-4H3. The number of benzene rings is 1. The third kappa shape index (κ3) is 3.35. The lowest BCUT2D eigenvalue weighted by Gasteiger charge is -2.24. The van der Waals surface area contributed by atoms with E-state index in [1.165, 1.54) is 0 Å². The zero-order valence-corrected chi connectivity index (χ0v) is 14.2. The molecule has 1 saturated heterocycles. The second kappa shape index (κ2) is 5.64. The van der Waals surface area contributed by atoms with Crippen molar-refractivity contribution in [2.24, 2.45) is 0 Å². The van der Waals surface area contributed by atoms with Crippen molar-refractivity contribution in [3.63, 3.8) is 0 Å². The predicted molar refractivity (Wildman–Crippen MR) is 85.4 cm³/mol. The third-order valence-corrected chi connectivity index (χ3v) is 5.25. The molecule has 0 radical (unpaired) electrons. The number of hydrogen-bond donors (Lipinski definition) is 0. The fraction of sp³-hybridized carbons (Fsp3) is 0.500. The van der Waals surface area contributed by atoms with Crippen LogP contribution < -0.4 is 0 Å². The molecule has 1 atom stereocenters. The second-order valence-electron chi connectivity index (χ2n) is 6.75. The van der Waals surface area contributed by atoms with Crippen LogP contribution in [0.1, 0.15) is 17.3 Å². The lowest BCUT2D eigenvalue weighted by atomic mass is 9.99. The van der Waals surface area contributed by atoms with E-state index in [1.807, 2.05) is 30.3 Å². The van der Waals surface area contributed by atoms with Crippen LogP contribution >= 0.6 is 0 Å². The van der Waals surface area contributed by atoms with E-state index in [4.69, 9.17) is 4.74 Å². The van der Waals surface area contributed by atoms with E-state index in [1.54, 1.807) is 11.8 Å². The molecule has 2 rings (SSSR count). The zero-order valence-electron chi connectivity index (χ0n) is 13.2. The molecule has 4 nitrogen and oxygen atoms in total. The highest BCUT2D eigenvalue weighted by Crippen LogP contribution is 2.43. The molecule has 21 heavy (non-hydrogen) atoms. The first-order chi connectivity index (χ1) is 9.80. The van der Waals surface area contributed by atoms with Gasteiger partial charge in [0.05, 0.1) is 13.2 Å². The molecule has 0 bridgehead atoms. The number of ketones is 1. The Morgan fingerprint density at radius 3 is 2.38 bits per heavy atom. The highest BCUT2D eigenvalue weighted by molar-refractivity contribution is 6.76. The van der Waals surface area contributed by atoms with Crippen molar-refractivity contribution in [1.29, 1.82) is 0 Å². The quantitative estimate of drug-likeness (QED) is 0.476. The monoisotopic (exact) mass is 305 g/mol. The van der Waals surface area contributed by atoms with Crippen molar-refractivity contribution < 1.29 is 14.3 Å². The molecule has 0 aliphatic carbocycles. The minimum absolute atomic E-state index is 0.0404. The summed E-state index contributed by atoms with van der Waals surface area (Å²) in [5, 5.41) is 0. The Labute approximate surface area is 127 Å². The van der Waals surface area contributed by atoms with Crippen molar-refractivity contribution in [2.75, 3.05) is 13.2 Å². The summed E-state index contributed by atoms with van der Waals surface area (Å²) in [7, 11) is -1.51. The van der Waals surface area contributed by atoms with Crippen LogP contribution in [0.3, 0.4) is 0 Å². The average Bonchev–Trinajstić information content (AvgIpc) is 3.12. The van der Waals surface area contributed by atoms with Gasteiger partial charge in [0.2, 0.25) is 0 Å². The summed E-state index contributed by atoms with van der Waals surface area (Å²) in [4.78, 5) is 26.5. The number of rotatable bonds is 5. The molecule has 1 heterocycles. The summed E-state index contributed by atoms with van der Waals surface area (Å²) in [5.41, 5.74) is -0.0134. The maximum absolute atomic E-state index is 12.9. The van der Waals surface area contributed by atoms with Gasteiger partial charge >= 0.3 is 6.09 Å². The fourth-order valence-corrected chi connectivity index (χ4v) is 5.05. The molecule has 0 aromatic heterocycles. The Bertz CT molecular complexity index is 538. The number of amides is 1. The summed E-state index contributed by atoms with van der Waals surface area (Å²) in [5.74, 6) is 0.0404. The molecule has 1 unspecified atom stereocenters. The van der Waals surface area contributed by atoms with Crippen LogP contribution in [-0.4, -0.2) is 43.5 Å². The van der Waals surface area contributed by atoms with Crippen LogP contribution in [0.4, 0.5) is 4.79 Å². The van der Waals surface area contributed by atoms with Gasteiger partial charge in [0.1, 0.15) is 5.54 Å². The number of Topliss-reactive ketones (excluding diaryl/α,β-unsaturated/α-hetero) is 1. The number of carbonyl (C=O) groups excluding carboxylic acids is 2. The smallest absolute Gasteiger partial charge is 0.410 e. The minimum atomic E-state index is -1.51. The van der Waals surface area contributed by atoms with E-state index in [0.29, 0.717) is 18.7 Å². The van der Waals surface area contributed by atoms with Gasteiger partial charge in [0, 0.05) is 13.6 Å². The van der Waals surface area contributed by atoms with Crippen molar-refractivity contribution >= 4 is 20.0 Å². The third-order valence-electron chi connectivity index (χ3n) is 3.60. The second-order valence-corrected chi connectivity index (χ2v) is 12.2. The molecule has 1 fully saturated rings. The molecular formula is C16H23NO3Si. The van der Waals surface area contributed by atoms with Crippen LogP contribution in [0.25, 0.3) is 0 Å². The summed E-state index contributed by atoms with van der Waals surface area (Å²) >= 11 is 0. The van der Waals surface area contributed by atoms with E-state index in [2.05, 4.69) is 19.6 Å². The Morgan fingerprint density at radius 1 is 1.24 bits per heavy atom. The molecule has 1 amide bonds. The van der Waals surface area contributed by atoms with Gasteiger partial charge in [-0.05, 0) is 13.0 Å². The van der Waals surface area contributed by atoms with Crippen molar-refractivity contribution in [3.05, 3.63) is 35.9 Å². The molecule has 1 aromatic rings. The summed E-state index contributed by atoms with van der Waals surface area (Å²) in [6.07, 6.45) is -0.375. The van der Waals surface area contributed by atoms with E-state index in [9.17, 15) is 9.59 Å². The molecule has 1 aliphatic heterocycles. The van der Waals surface area contributed by atoms with Crippen molar-refractivity contribution in [3.8, 4) is 0 Å². The number of nitrogens with zero attached hydrogens (tertiary/aromatic N) is 1. The molecule has 0 spiro atoms. The molecular weight excluding hydrogens is 282 g/mol. The van der Waals surface area contributed by atoms with Gasteiger partial charge in [-0.25, -0.2) is 4.79 Å². The zero-order chi connectivity index (χ0) is 15.7. The van der Waals surface area contributed by atoms with Crippen LogP contribution in [0.2, 0.25) is 25.7 Å². The van der Waals surface area contributed by atoms with Crippen LogP contribution in [-0.2, 0) is 4.74 Å². The highest BCUT2D eigenvalue weighted by Gasteiger charge is 2.62. The van der Waals surface area contributed by atoms with Gasteiger partial charge in [-0.2, -0.15) is 0 Å². The van der Waals surface area contributed by atoms with Crippen LogP contribution in [0, 0.1) is 0 Å². The maximum atomic E-state index is 12.9. The van der Waals surface area contributed by atoms with Crippen LogP contribution in [0.5, 0.6) is 0 Å². The summed E-state index contributed by atoms with van der Waals surface area (Å²) in [6, 6.07) is 10.00. The number of ether oxygens (including phenoxy) is 1. The van der Waals surface area contributed by atoms with Gasteiger partial charge in [-0.3, -0.25) is 9.69 Å². The molecule has 5 heteroatoms. The summed E-state index contributed by atoms with van der Waals surface area (Å²) in [6.45, 7) is 9.24. The first kappa shape index (κ1) is 15.8. The number of hydrogen-bond acceptors (Lipinski definition) is 3. The molecule has 0 N–H and O–H groups in total. The van der Waals surface area contributed by atoms with Gasteiger partial charge < -0.3 is 4.74 Å². The van der Waals surface area contributed by atoms with Gasteiger partial charge in [-0.1, -0.05) is 50.0 Å². The topological polar surface area (TPSA) is 46.4 Å². The van der Waals surface area contributed by atoms with Gasteiger partial charge in [0.15, 0.2) is 5.78 Å². The van der Waals surface area contributed by atoms with E-state index < -0.39 is 13.6 Å².